The van der Waals surface area contributed by atoms with E-state index in [-0.39, 0.29) is 0 Å². The van der Waals surface area contributed by atoms with E-state index in [0.717, 1.165) is 17.8 Å². The van der Waals surface area contributed by atoms with Crippen LogP contribution in [-0.2, 0) is 13.5 Å². The lowest BCUT2D eigenvalue weighted by Gasteiger charge is -1.95. The third-order valence-corrected chi connectivity index (χ3v) is 1.59. The number of hydrogen-bond acceptors (Lipinski definition) is 2. The lowest BCUT2D eigenvalue weighted by Crippen LogP contribution is -1.97. The minimum absolute atomic E-state index is 0.568. The monoisotopic (exact) mass is 149 g/mol. The van der Waals surface area contributed by atoms with E-state index in [1.807, 2.05) is 24.7 Å². The van der Waals surface area contributed by atoms with Gasteiger partial charge in [0, 0.05) is 25.6 Å². The van der Waals surface area contributed by atoms with E-state index in [9.17, 15) is 0 Å². The molecule has 1 heterocycles. The Hall–Kier alpha value is -1.30. The van der Waals surface area contributed by atoms with Crippen molar-refractivity contribution < 1.29 is 0 Å². The molecule has 0 N–H and O–H groups in total. The highest BCUT2D eigenvalue weighted by Gasteiger charge is 1.99. The number of nitrogens with zero attached hydrogens (tertiary/aromatic N) is 3. The zero-order chi connectivity index (χ0) is 8.27. The van der Waals surface area contributed by atoms with E-state index in [2.05, 4.69) is 11.2 Å². The minimum atomic E-state index is 0.568. The van der Waals surface area contributed by atoms with Gasteiger partial charge in [-0.05, 0) is 13.0 Å². The highest BCUT2D eigenvalue weighted by molar-refractivity contribution is 5.09. The van der Waals surface area contributed by atoms with Crippen molar-refractivity contribution in [2.75, 3.05) is 0 Å². The van der Waals surface area contributed by atoms with Gasteiger partial charge in [0.15, 0.2) is 0 Å². The van der Waals surface area contributed by atoms with Crippen molar-refractivity contribution >= 4 is 0 Å². The van der Waals surface area contributed by atoms with Crippen LogP contribution in [0, 0.1) is 18.3 Å². The molecule has 0 spiro atoms. The van der Waals surface area contributed by atoms with Crippen molar-refractivity contribution in [2.24, 2.45) is 7.05 Å². The van der Waals surface area contributed by atoms with Gasteiger partial charge in [-0.2, -0.15) is 10.4 Å². The Kier molecular flexibility index (Phi) is 2.27. The van der Waals surface area contributed by atoms with E-state index < -0.39 is 0 Å². The average molecular weight is 149 g/mol. The van der Waals surface area contributed by atoms with Gasteiger partial charge in [0.1, 0.15) is 0 Å². The molecule has 0 atom stereocenters. The van der Waals surface area contributed by atoms with Crippen LogP contribution in [0.2, 0.25) is 0 Å². The largest absolute Gasteiger partial charge is 0.272 e. The first-order valence-corrected chi connectivity index (χ1v) is 3.60. The lowest BCUT2D eigenvalue weighted by atomic mass is 10.2. The number of rotatable bonds is 2. The average Bonchev–Trinajstić information content (AvgIpc) is 2.26. The zero-order valence-corrected chi connectivity index (χ0v) is 6.83. The molecule has 0 fully saturated rings. The molecule has 0 amide bonds. The van der Waals surface area contributed by atoms with Gasteiger partial charge in [-0.15, -0.1) is 0 Å². The fraction of sp³-hybridized carbons (Fsp3) is 0.500. The normalized spacial score (nSPS) is 9.55. The molecule has 1 rings (SSSR count). The smallest absolute Gasteiger partial charge is 0.0625 e. The maximum Gasteiger partial charge on any atom is 0.0625 e. The predicted octanol–water partition coefficient (Wildman–Crippen LogP) is 1.18. The molecule has 0 saturated carbocycles. The quantitative estimate of drug-likeness (QED) is 0.633. The minimum Gasteiger partial charge on any atom is -0.272 e. The van der Waals surface area contributed by atoms with E-state index in [4.69, 9.17) is 5.26 Å². The topological polar surface area (TPSA) is 41.6 Å². The third-order valence-electron chi connectivity index (χ3n) is 1.59. The molecule has 0 unspecified atom stereocenters. The molecule has 0 aliphatic rings. The van der Waals surface area contributed by atoms with E-state index in [1.165, 1.54) is 0 Å². The second-order valence-electron chi connectivity index (χ2n) is 2.56. The van der Waals surface area contributed by atoms with Gasteiger partial charge in [-0.1, -0.05) is 0 Å². The molecular formula is C8H11N3. The van der Waals surface area contributed by atoms with Crippen molar-refractivity contribution in [3.63, 3.8) is 0 Å². The van der Waals surface area contributed by atoms with Gasteiger partial charge >= 0.3 is 0 Å². The van der Waals surface area contributed by atoms with Crippen LogP contribution in [0.1, 0.15) is 17.8 Å². The molecule has 0 aliphatic carbocycles. The first-order chi connectivity index (χ1) is 5.24. The van der Waals surface area contributed by atoms with Gasteiger partial charge in [0.2, 0.25) is 0 Å². The van der Waals surface area contributed by atoms with Gasteiger partial charge in [0.05, 0.1) is 11.8 Å². The van der Waals surface area contributed by atoms with Crippen LogP contribution in [0.4, 0.5) is 0 Å². The van der Waals surface area contributed by atoms with Crippen LogP contribution in [0.25, 0.3) is 0 Å². The van der Waals surface area contributed by atoms with Gasteiger partial charge < -0.3 is 0 Å². The molecule has 11 heavy (non-hydrogen) atoms. The first kappa shape index (κ1) is 7.80. The Morgan fingerprint density at radius 1 is 1.73 bits per heavy atom. The zero-order valence-electron chi connectivity index (χ0n) is 6.83. The summed E-state index contributed by atoms with van der Waals surface area (Å²) in [5.41, 5.74) is 2.14. The molecule has 1 aromatic heterocycles. The molecule has 0 bridgehead atoms. The summed E-state index contributed by atoms with van der Waals surface area (Å²) >= 11 is 0. The second kappa shape index (κ2) is 3.20. The van der Waals surface area contributed by atoms with E-state index in [0.29, 0.717) is 6.42 Å². The van der Waals surface area contributed by atoms with Crippen LogP contribution in [0.15, 0.2) is 6.07 Å². The summed E-state index contributed by atoms with van der Waals surface area (Å²) in [6.07, 6.45) is 1.37. The van der Waals surface area contributed by atoms with Gasteiger partial charge in [-0.25, -0.2) is 0 Å². The summed E-state index contributed by atoms with van der Waals surface area (Å²) < 4.78 is 1.83. The predicted molar refractivity (Wildman–Crippen MR) is 41.9 cm³/mol. The molecule has 0 aliphatic heterocycles. The van der Waals surface area contributed by atoms with Crippen LogP contribution in [0.5, 0.6) is 0 Å². The molecule has 0 saturated heterocycles. The molecule has 0 aromatic carbocycles. The third kappa shape index (κ3) is 1.81. The van der Waals surface area contributed by atoms with Crippen molar-refractivity contribution in [1.29, 1.82) is 5.26 Å². The van der Waals surface area contributed by atoms with Crippen LogP contribution in [-0.4, -0.2) is 9.78 Å². The Bertz CT molecular complexity index is 280. The number of nitriles is 1. The maximum atomic E-state index is 8.35. The number of aryl methyl sites for hydroxylation is 3. The highest BCUT2D eigenvalue weighted by atomic mass is 15.3. The molecule has 3 nitrogen and oxygen atoms in total. The number of hydrogen-bond donors (Lipinski definition) is 0. The van der Waals surface area contributed by atoms with Gasteiger partial charge in [-0.3, -0.25) is 4.68 Å². The fourth-order valence-corrected chi connectivity index (χ4v) is 1.08. The van der Waals surface area contributed by atoms with Crippen molar-refractivity contribution in [3.8, 4) is 6.07 Å². The Morgan fingerprint density at radius 3 is 2.91 bits per heavy atom. The van der Waals surface area contributed by atoms with Crippen molar-refractivity contribution in [2.45, 2.75) is 19.8 Å². The Balaban J connectivity index is 2.71. The lowest BCUT2D eigenvalue weighted by molar-refractivity contribution is 0.702. The highest BCUT2D eigenvalue weighted by Crippen LogP contribution is 2.03. The molecule has 0 radical (unpaired) electrons. The van der Waals surface area contributed by atoms with Crippen LogP contribution < -0.4 is 0 Å². The van der Waals surface area contributed by atoms with Crippen LogP contribution in [0.3, 0.4) is 0 Å². The molecule has 58 valence electrons. The molecular weight excluding hydrogens is 138 g/mol. The van der Waals surface area contributed by atoms with Crippen molar-refractivity contribution in [3.05, 3.63) is 17.5 Å². The summed E-state index contributed by atoms with van der Waals surface area (Å²) in [7, 11) is 1.90. The second-order valence-corrected chi connectivity index (χ2v) is 2.56. The molecule has 1 aromatic rings. The van der Waals surface area contributed by atoms with Crippen molar-refractivity contribution in [1.82, 2.24) is 9.78 Å². The van der Waals surface area contributed by atoms with E-state index >= 15 is 0 Å². The van der Waals surface area contributed by atoms with Gasteiger partial charge in [0.25, 0.3) is 0 Å². The molecule has 3 heteroatoms. The maximum absolute atomic E-state index is 8.35. The first-order valence-electron chi connectivity index (χ1n) is 3.60. The summed E-state index contributed by atoms with van der Waals surface area (Å²) in [5, 5.41) is 12.5. The standard InChI is InChI=1S/C8H11N3/c1-7-6-8(4-3-5-9)11(2)10-7/h6H,3-4H2,1-2H3. The Labute approximate surface area is 66.3 Å². The van der Waals surface area contributed by atoms with Crippen LogP contribution >= 0.6 is 0 Å². The Morgan fingerprint density at radius 2 is 2.45 bits per heavy atom. The summed E-state index contributed by atoms with van der Waals surface area (Å²) in [4.78, 5) is 0. The fourth-order valence-electron chi connectivity index (χ4n) is 1.08. The summed E-state index contributed by atoms with van der Waals surface area (Å²) in [6, 6.07) is 4.12. The SMILES string of the molecule is Cc1cc(CCC#N)n(C)n1. The number of aromatic nitrogens is 2. The summed E-state index contributed by atoms with van der Waals surface area (Å²) in [6.45, 7) is 1.95. The van der Waals surface area contributed by atoms with E-state index in [1.54, 1.807) is 0 Å². The summed E-state index contributed by atoms with van der Waals surface area (Å²) in [5.74, 6) is 0.